The first kappa shape index (κ1) is 9.50. The molecule has 3 nitrogen and oxygen atoms in total. The largest absolute Gasteiger partial charge is 0.393 e. The van der Waals surface area contributed by atoms with Crippen molar-refractivity contribution in [2.75, 3.05) is 20.1 Å². The molecule has 2 atom stereocenters. The molecule has 1 aliphatic rings. The number of rotatable bonds is 1. The van der Waals surface area contributed by atoms with Gasteiger partial charge in [-0.1, -0.05) is 0 Å². The zero-order chi connectivity index (χ0) is 8.97. The normalized spacial score (nSPS) is 32.4. The lowest BCUT2D eigenvalue weighted by Crippen LogP contribution is -2.20. The van der Waals surface area contributed by atoms with E-state index in [0.29, 0.717) is 6.42 Å². The Kier molecular flexibility index (Phi) is 3.51. The summed E-state index contributed by atoms with van der Waals surface area (Å²) in [5.74, 6) is 0.194. The van der Waals surface area contributed by atoms with Crippen LogP contribution in [-0.2, 0) is 0 Å². The van der Waals surface area contributed by atoms with Gasteiger partial charge in [-0.2, -0.15) is 5.26 Å². The first-order chi connectivity index (χ1) is 5.74. The standard InChI is InChI=1S/C9H16N2O/c1-11-6-3-8(2-5-10)9(12)4-7-11/h8-9,12H,2-4,6-7H2,1H3/t8-,9+/m0/s1. The van der Waals surface area contributed by atoms with Gasteiger partial charge < -0.3 is 10.0 Å². The van der Waals surface area contributed by atoms with Crippen LogP contribution in [-0.4, -0.2) is 36.2 Å². The molecule has 1 N–H and O–H groups in total. The maximum absolute atomic E-state index is 9.62. The molecular weight excluding hydrogens is 152 g/mol. The van der Waals surface area contributed by atoms with Crippen molar-refractivity contribution in [2.45, 2.75) is 25.4 Å². The molecule has 0 aromatic heterocycles. The molecule has 3 heteroatoms. The molecule has 0 aliphatic carbocycles. The minimum Gasteiger partial charge on any atom is -0.393 e. The van der Waals surface area contributed by atoms with Gasteiger partial charge in [0.25, 0.3) is 0 Å². The Bertz CT molecular complexity index is 176. The Hall–Kier alpha value is -0.590. The third kappa shape index (κ3) is 2.47. The highest BCUT2D eigenvalue weighted by atomic mass is 16.3. The van der Waals surface area contributed by atoms with E-state index in [2.05, 4.69) is 18.0 Å². The van der Waals surface area contributed by atoms with E-state index in [9.17, 15) is 5.11 Å². The quantitative estimate of drug-likeness (QED) is 0.623. The second-order valence-electron chi connectivity index (χ2n) is 3.57. The Morgan fingerprint density at radius 2 is 2.17 bits per heavy atom. The van der Waals surface area contributed by atoms with Crippen molar-refractivity contribution in [1.29, 1.82) is 5.26 Å². The lowest BCUT2D eigenvalue weighted by molar-refractivity contribution is 0.106. The van der Waals surface area contributed by atoms with Crippen LogP contribution in [0.2, 0.25) is 0 Å². The van der Waals surface area contributed by atoms with Gasteiger partial charge in [-0.15, -0.1) is 0 Å². The Labute approximate surface area is 73.6 Å². The molecule has 0 aromatic rings. The monoisotopic (exact) mass is 168 g/mol. The van der Waals surface area contributed by atoms with Crippen molar-refractivity contribution >= 4 is 0 Å². The van der Waals surface area contributed by atoms with Gasteiger partial charge in [0.2, 0.25) is 0 Å². The molecule has 0 bridgehead atoms. The highest BCUT2D eigenvalue weighted by molar-refractivity contribution is 4.83. The van der Waals surface area contributed by atoms with Gasteiger partial charge >= 0.3 is 0 Å². The average molecular weight is 168 g/mol. The maximum atomic E-state index is 9.62. The lowest BCUT2D eigenvalue weighted by Gasteiger charge is -2.15. The number of aliphatic hydroxyl groups excluding tert-OH is 1. The van der Waals surface area contributed by atoms with E-state index in [1.54, 1.807) is 0 Å². The summed E-state index contributed by atoms with van der Waals surface area (Å²) in [6.45, 7) is 1.95. The van der Waals surface area contributed by atoms with Crippen molar-refractivity contribution in [2.24, 2.45) is 5.92 Å². The van der Waals surface area contributed by atoms with E-state index in [-0.39, 0.29) is 12.0 Å². The van der Waals surface area contributed by atoms with Gasteiger partial charge in [0.05, 0.1) is 12.2 Å². The fraction of sp³-hybridized carbons (Fsp3) is 0.889. The van der Waals surface area contributed by atoms with Crippen LogP contribution in [0.4, 0.5) is 0 Å². The van der Waals surface area contributed by atoms with Crippen LogP contribution in [0, 0.1) is 17.2 Å². The highest BCUT2D eigenvalue weighted by Crippen LogP contribution is 2.19. The summed E-state index contributed by atoms with van der Waals surface area (Å²) in [5, 5.41) is 18.1. The van der Waals surface area contributed by atoms with Gasteiger partial charge in [0, 0.05) is 13.0 Å². The molecule has 0 radical (unpaired) electrons. The summed E-state index contributed by atoms with van der Waals surface area (Å²) >= 11 is 0. The summed E-state index contributed by atoms with van der Waals surface area (Å²) in [7, 11) is 2.06. The van der Waals surface area contributed by atoms with E-state index < -0.39 is 0 Å². The predicted octanol–water partition coefficient (Wildman–Crippen LogP) is 0.603. The lowest BCUT2D eigenvalue weighted by atomic mass is 9.95. The van der Waals surface area contributed by atoms with Crippen LogP contribution in [0.25, 0.3) is 0 Å². The van der Waals surface area contributed by atoms with Crippen molar-refractivity contribution in [1.82, 2.24) is 4.90 Å². The van der Waals surface area contributed by atoms with Crippen molar-refractivity contribution < 1.29 is 5.11 Å². The first-order valence-corrected chi connectivity index (χ1v) is 4.47. The molecule has 12 heavy (non-hydrogen) atoms. The fourth-order valence-corrected chi connectivity index (χ4v) is 1.63. The van der Waals surface area contributed by atoms with Crippen LogP contribution in [0.15, 0.2) is 0 Å². The fourth-order valence-electron chi connectivity index (χ4n) is 1.63. The minimum atomic E-state index is -0.269. The molecule has 0 unspecified atom stereocenters. The average Bonchev–Trinajstić information content (AvgIpc) is 2.20. The maximum Gasteiger partial charge on any atom is 0.0625 e. The molecular formula is C9H16N2O. The smallest absolute Gasteiger partial charge is 0.0625 e. The number of nitriles is 1. The zero-order valence-corrected chi connectivity index (χ0v) is 7.53. The van der Waals surface area contributed by atoms with Crippen molar-refractivity contribution in [3.8, 4) is 6.07 Å². The molecule has 0 aromatic carbocycles. The van der Waals surface area contributed by atoms with E-state index >= 15 is 0 Å². The minimum absolute atomic E-state index is 0.194. The summed E-state index contributed by atoms with van der Waals surface area (Å²) in [6.07, 6.45) is 1.98. The van der Waals surface area contributed by atoms with E-state index in [1.165, 1.54) is 0 Å². The molecule has 1 saturated heterocycles. The molecule has 68 valence electrons. The topological polar surface area (TPSA) is 47.3 Å². The van der Waals surface area contributed by atoms with E-state index in [1.807, 2.05) is 0 Å². The molecule has 1 aliphatic heterocycles. The number of nitrogens with zero attached hydrogens (tertiary/aromatic N) is 2. The van der Waals surface area contributed by atoms with Crippen LogP contribution >= 0.6 is 0 Å². The molecule has 1 heterocycles. The van der Waals surface area contributed by atoms with Gasteiger partial charge in [-0.3, -0.25) is 0 Å². The second-order valence-corrected chi connectivity index (χ2v) is 3.57. The number of likely N-dealkylation sites (tertiary alicyclic amines) is 1. The Morgan fingerprint density at radius 3 is 2.83 bits per heavy atom. The van der Waals surface area contributed by atoms with Gasteiger partial charge in [-0.05, 0) is 32.4 Å². The van der Waals surface area contributed by atoms with Crippen molar-refractivity contribution in [3.05, 3.63) is 0 Å². The molecule has 1 rings (SSSR count). The number of aliphatic hydroxyl groups is 1. The summed E-state index contributed by atoms with van der Waals surface area (Å²) in [5.41, 5.74) is 0. The SMILES string of the molecule is CN1CC[C@H](CC#N)[C@H](O)CC1. The Balaban J connectivity index is 2.45. The van der Waals surface area contributed by atoms with Gasteiger partial charge in [0.15, 0.2) is 0 Å². The summed E-state index contributed by atoms with van der Waals surface area (Å²) in [4.78, 5) is 2.21. The van der Waals surface area contributed by atoms with Crippen LogP contribution < -0.4 is 0 Å². The Morgan fingerprint density at radius 1 is 1.50 bits per heavy atom. The first-order valence-electron chi connectivity index (χ1n) is 4.47. The van der Waals surface area contributed by atoms with Crippen LogP contribution in [0.1, 0.15) is 19.3 Å². The van der Waals surface area contributed by atoms with E-state index in [4.69, 9.17) is 5.26 Å². The van der Waals surface area contributed by atoms with Crippen LogP contribution in [0.5, 0.6) is 0 Å². The molecule has 1 fully saturated rings. The van der Waals surface area contributed by atoms with Gasteiger partial charge in [-0.25, -0.2) is 0 Å². The third-order valence-corrected chi connectivity index (χ3v) is 2.59. The third-order valence-electron chi connectivity index (χ3n) is 2.59. The molecule has 0 amide bonds. The number of hydrogen-bond donors (Lipinski definition) is 1. The van der Waals surface area contributed by atoms with E-state index in [0.717, 1.165) is 25.9 Å². The molecule has 0 saturated carbocycles. The number of hydrogen-bond acceptors (Lipinski definition) is 3. The van der Waals surface area contributed by atoms with Crippen molar-refractivity contribution in [3.63, 3.8) is 0 Å². The molecule has 0 spiro atoms. The summed E-state index contributed by atoms with van der Waals surface area (Å²) < 4.78 is 0. The second kappa shape index (κ2) is 4.44. The highest BCUT2D eigenvalue weighted by Gasteiger charge is 2.22. The van der Waals surface area contributed by atoms with Crippen LogP contribution in [0.3, 0.4) is 0 Å². The zero-order valence-electron chi connectivity index (χ0n) is 7.53. The summed E-state index contributed by atoms with van der Waals surface area (Å²) in [6, 6.07) is 2.13. The predicted molar refractivity (Wildman–Crippen MR) is 46.5 cm³/mol. The van der Waals surface area contributed by atoms with Gasteiger partial charge in [0.1, 0.15) is 0 Å².